The summed E-state index contributed by atoms with van der Waals surface area (Å²) in [5, 5.41) is 44.9. The van der Waals surface area contributed by atoms with E-state index in [0.717, 1.165) is 83.9 Å². The van der Waals surface area contributed by atoms with Crippen LogP contribution in [0.3, 0.4) is 0 Å². The van der Waals surface area contributed by atoms with E-state index in [0.29, 0.717) is 28.7 Å². The normalized spacial score (nSPS) is 15.4. The number of rotatable bonds is 15. The minimum atomic E-state index is -0.299. The fraction of sp³-hybridized carbons (Fsp3) is 0.280. The molecule has 428 valence electrons. The number of aromatic hydroxyl groups is 3. The van der Waals surface area contributed by atoms with Crippen molar-refractivity contribution in [1.29, 1.82) is 0 Å². The van der Waals surface area contributed by atoms with Crippen LogP contribution in [0.4, 0.5) is 11.4 Å². The number of nitrogens with zero attached hydrogens (tertiary/aromatic N) is 4. The molecule has 7 rings (SSSR count). The van der Waals surface area contributed by atoms with Crippen molar-refractivity contribution in [2.24, 2.45) is 25.4 Å². The average molecular weight is 1110 g/mol. The molecule has 0 saturated carbocycles. The number of aliphatic hydroxyl groups excluding tert-OH is 1. The summed E-state index contributed by atoms with van der Waals surface area (Å²) >= 11 is 0. The second-order valence-corrected chi connectivity index (χ2v) is 25.6. The van der Waals surface area contributed by atoms with Gasteiger partial charge in [-0.1, -0.05) is 187 Å². The molecule has 0 radical (unpaired) electrons. The summed E-state index contributed by atoms with van der Waals surface area (Å²) in [7, 11) is 0. The summed E-state index contributed by atoms with van der Waals surface area (Å²) in [4.78, 5) is 19.3. The van der Waals surface area contributed by atoms with E-state index < -0.39 is 0 Å². The number of para-hydroxylation sites is 3. The molecular weight excluding hydrogens is 1020 g/mol. The van der Waals surface area contributed by atoms with Crippen LogP contribution in [0.25, 0.3) is 33.4 Å². The Bertz CT molecular complexity index is 3690. The van der Waals surface area contributed by atoms with Crippen LogP contribution in [0.5, 0.6) is 17.2 Å². The van der Waals surface area contributed by atoms with Crippen molar-refractivity contribution in [3.63, 3.8) is 0 Å². The van der Waals surface area contributed by atoms with E-state index in [1.807, 2.05) is 111 Å². The summed E-state index contributed by atoms with van der Waals surface area (Å²) in [6.07, 6.45) is 21.9. The molecule has 1 aliphatic rings. The zero-order valence-electron chi connectivity index (χ0n) is 51.4. The minimum Gasteiger partial charge on any atom is -0.507 e. The molecular formula is C75H84N4O4. The third-order valence-corrected chi connectivity index (χ3v) is 14.8. The summed E-state index contributed by atoms with van der Waals surface area (Å²) in [6, 6.07) is 38.1. The molecule has 0 saturated heterocycles. The van der Waals surface area contributed by atoms with Crippen LogP contribution >= 0.6 is 0 Å². The van der Waals surface area contributed by atoms with Crippen molar-refractivity contribution in [3.8, 4) is 39.5 Å². The highest BCUT2D eigenvalue weighted by Gasteiger charge is 2.24. The highest BCUT2D eigenvalue weighted by atomic mass is 16.3. The maximum Gasteiger partial charge on any atom is 0.128 e. The van der Waals surface area contributed by atoms with Gasteiger partial charge in [-0.3, -0.25) is 20.0 Å². The van der Waals surface area contributed by atoms with Gasteiger partial charge >= 0.3 is 0 Å². The molecule has 0 heterocycles. The zero-order chi connectivity index (χ0) is 60.6. The number of phenolic OH excluding ortho intramolecular Hbond substituents is 3. The molecule has 0 spiro atoms. The van der Waals surface area contributed by atoms with E-state index in [1.54, 1.807) is 24.9 Å². The zero-order valence-corrected chi connectivity index (χ0v) is 51.4. The topological polar surface area (TPSA) is 130 Å². The van der Waals surface area contributed by atoms with Crippen LogP contribution in [0.1, 0.15) is 155 Å². The van der Waals surface area contributed by atoms with Gasteiger partial charge in [0.05, 0.1) is 17.4 Å². The molecule has 4 N–H and O–H groups in total. The predicted octanol–water partition coefficient (Wildman–Crippen LogP) is 19.7. The molecule has 0 aliphatic heterocycles. The van der Waals surface area contributed by atoms with E-state index in [1.165, 1.54) is 0 Å². The standard InChI is InChI=1S/C75H84N4O4/c1-17-21-64(72(5,6)7)68(80)49(3)44-76-50(4)29-28-48(2)60-42-62(52-32-38-58(39-33-52)78-46-55-23-19-26-66(70(55)82)74(11,12)13)63(53-34-40-59(41-35-53)79-47-56-24-20-27-67(71(56)83)75(14,15)16)43-61(60)51-30-36-57(37-31-51)77-45-54-22-18-25-65(69(54)81)73(8,9)10/h17-36,38-47,57,80-83H,3,37H2,1-2,4-16H3/b21-17-,48-28+,50-29+,68-64-,76-44?,77-45?,78-46?,79-47?. The summed E-state index contributed by atoms with van der Waals surface area (Å²) in [5.74, 6) is 0.823. The van der Waals surface area contributed by atoms with Crippen LogP contribution in [-0.4, -0.2) is 51.3 Å². The maximum atomic E-state index is 11.2. The van der Waals surface area contributed by atoms with Crippen LogP contribution < -0.4 is 0 Å². The summed E-state index contributed by atoms with van der Waals surface area (Å²) < 4.78 is 0. The highest BCUT2D eigenvalue weighted by molar-refractivity contribution is 5.95. The van der Waals surface area contributed by atoms with Crippen LogP contribution in [0.2, 0.25) is 0 Å². The molecule has 0 fully saturated rings. The number of hydrogen-bond donors (Lipinski definition) is 4. The van der Waals surface area contributed by atoms with Gasteiger partial charge in [-0.15, -0.1) is 0 Å². The fourth-order valence-electron chi connectivity index (χ4n) is 9.94. The molecule has 6 aromatic carbocycles. The Hall–Kier alpha value is -8.62. The fourth-order valence-corrected chi connectivity index (χ4v) is 9.94. The first-order valence-electron chi connectivity index (χ1n) is 28.6. The first-order chi connectivity index (χ1) is 39.0. The molecule has 6 aromatic rings. The highest BCUT2D eigenvalue weighted by Crippen LogP contribution is 2.42. The predicted molar refractivity (Wildman–Crippen MR) is 354 cm³/mol. The third-order valence-electron chi connectivity index (χ3n) is 14.8. The van der Waals surface area contributed by atoms with Crippen molar-refractivity contribution in [2.75, 3.05) is 0 Å². The van der Waals surface area contributed by atoms with Crippen molar-refractivity contribution in [3.05, 3.63) is 231 Å². The van der Waals surface area contributed by atoms with Crippen LogP contribution in [0.15, 0.2) is 207 Å². The van der Waals surface area contributed by atoms with E-state index >= 15 is 0 Å². The Labute approximate surface area is 494 Å². The largest absolute Gasteiger partial charge is 0.507 e. The van der Waals surface area contributed by atoms with Crippen molar-refractivity contribution >= 4 is 47.4 Å². The van der Waals surface area contributed by atoms with E-state index in [2.05, 4.69) is 157 Å². The van der Waals surface area contributed by atoms with Crippen LogP contribution in [-0.2, 0) is 16.2 Å². The maximum absolute atomic E-state index is 11.2. The van der Waals surface area contributed by atoms with Gasteiger partial charge in [0.1, 0.15) is 23.0 Å². The van der Waals surface area contributed by atoms with Gasteiger partial charge in [-0.2, -0.15) is 0 Å². The quantitative estimate of drug-likeness (QED) is 0.0463. The first-order valence-corrected chi connectivity index (χ1v) is 28.6. The number of phenols is 3. The Morgan fingerprint density at radius 2 is 1.04 bits per heavy atom. The van der Waals surface area contributed by atoms with Crippen molar-refractivity contribution < 1.29 is 20.4 Å². The van der Waals surface area contributed by atoms with Gasteiger partial charge in [0.2, 0.25) is 0 Å². The van der Waals surface area contributed by atoms with E-state index in [4.69, 9.17) is 20.0 Å². The number of hydrogen-bond acceptors (Lipinski definition) is 8. The number of aliphatic hydroxyl groups is 1. The monoisotopic (exact) mass is 1100 g/mol. The Morgan fingerprint density at radius 3 is 1.46 bits per heavy atom. The Kier molecular flexibility index (Phi) is 19.2. The smallest absolute Gasteiger partial charge is 0.128 e. The number of benzene rings is 6. The van der Waals surface area contributed by atoms with Gasteiger partial charge in [0.25, 0.3) is 0 Å². The van der Waals surface area contributed by atoms with Gasteiger partial charge in [-0.25, -0.2) is 0 Å². The number of aliphatic imine (C=N–C) groups is 4. The molecule has 8 heteroatoms. The van der Waals surface area contributed by atoms with E-state index in [9.17, 15) is 20.4 Å². The molecule has 0 aromatic heterocycles. The molecule has 0 bridgehead atoms. The molecule has 1 unspecified atom stereocenters. The van der Waals surface area contributed by atoms with Crippen molar-refractivity contribution in [1.82, 2.24) is 0 Å². The lowest BCUT2D eigenvalue weighted by Crippen LogP contribution is -2.12. The van der Waals surface area contributed by atoms with Gasteiger partial charge in [0.15, 0.2) is 0 Å². The minimum absolute atomic E-state index is 0.111. The summed E-state index contributed by atoms with van der Waals surface area (Å²) in [6.45, 7) is 35.0. The van der Waals surface area contributed by atoms with Gasteiger partial charge in [-0.05, 0) is 176 Å². The molecule has 1 aliphatic carbocycles. The van der Waals surface area contributed by atoms with Crippen LogP contribution in [0, 0.1) is 5.41 Å². The molecule has 83 heavy (non-hydrogen) atoms. The second-order valence-electron chi connectivity index (χ2n) is 25.6. The second kappa shape index (κ2) is 25.7. The molecule has 1 atom stereocenters. The molecule has 8 nitrogen and oxygen atoms in total. The van der Waals surface area contributed by atoms with Gasteiger partial charge in [0, 0.05) is 52.8 Å². The summed E-state index contributed by atoms with van der Waals surface area (Å²) in [5.41, 5.74) is 15.0. The molecule has 0 amide bonds. The Morgan fingerprint density at radius 1 is 0.578 bits per heavy atom. The Balaban J connectivity index is 1.35. The lowest BCUT2D eigenvalue weighted by molar-refractivity contribution is 0.394. The SMILES string of the molecule is C=C(C=N/C(C)=C/C=C(\C)c1cc(-c2ccc(N=Cc3cccc(C(C)(C)C)c3O)cc2)c(-c2ccc(N=Cc3cccc(C(C)(C)C)c3O)cc2)cc1C1=CCC(N=Cc2cccc(C(C)(C)C)c2O)C=C1)/C(O)=C(\C=C/C)C(C)(C)C. The lowest BCUT2D eigenvalue weighted by atomic mass is 9.84. The van der Waals surface area contributed by atoms with Crippen molar-refractivity contribution in [2.45, 2.75) is 133 Å². The van der Waals surface area contributed by atoms with E-state index in [-0.39, 0.29) is 50.7 Å². The lowest BCUT2D eigenvalue weighted by Gasteiger charge is -2.22. The first kappa shape index (κ1) is 62.0. The van der Waals surface area contributed by atoms with Gasteiger partial charge < -0.3 is 20.4 Å². The third kappa shape index (κ3) is 15.5. The average Bonchev–Trinajstić information content (AvgIpc) is 3.60. The number of allylic oxidation sites excluding steroid dienone is 10.